The van der Waals surface area contributed by atoms with Crippen LogP contribution in [0.5, 0.6) is 0 Å². The topological polar surface area (TPSA) is 0 Å². The Hall–Kier alpha value is 0.170. The zero-order chi connectivity index (χ0) is 12.6. The minimum Gasteiger partial charge on any atom is -0.143 e. The van der Waals surface area contributed by atoms with Gasteiger partial charge in [0.25, 0.3) is 0 Å². The molecule has 92 valence electrons. The van der Waals surface area contributed by atoms with Crippen molar-refractivity contribution in [2.45, 2.75) is 31.0 Å². The highest BCUT2D eigenvalue weighted by molar-refractivity contribution is 9.09. The molecule has 1 atom stereocenters. The largest absolute Gasteiger partial charge is 0.143 e. The van der Waals surface area contributed by atoms with Crippen molar-refractivity contribution in [2.75, 3.05) is 0 Å². The molecule has 4 heteroatoms. The van der Waals surface area contributed by atoms with E-state index in [9.17, 15) is 0 Å². The van der Waals surface area contributed by atoms with Crippen LogP contribution in [0.2, 0.25) is 4.34 Å². The summed E-state index contributed by atoms with van der Waals surface area (Å²) in [5.41, 5.74) is 0.225. The van der Waals surface area contributed by atoms with Crippen LogP contribution < -0.4 is 0 Å². The molecule has 0 bridgehead atoms. The third kappa shape index (κ3) is 3.14. The minimum atomic E-state index is 0.225. The van der Waals surface area contributed by atoms with Gasteiger partial charge in [0.1, 0.15) is 0 Å². The van der Waals surface area contributed by atoms with Crippen LogP contribution in [0.25, 0.3) is 0 Å². The standard InChI is InChI=1S/C13H14BrClS2/c1-13(2,3)10-6-4-8(16-10)12(14)9-5-7-11(15)17-9/h4-7,12H,1-3H3. The second-order valence-electron chi connectivity index (χ2n) is 4.96. The molecule has 0 nitrogen and oxygen atoms in total. The maximum absolute atomic E-state index is 5.97. The van der Waals surface area contributed by atoms with Crippen molar-refractivity contribution in [1.82, 2.24) is 0 Å². The van der Waals surface area contributed by atoms with Crippen LogP contribution in [-0.2, 0) is 5.41 Å². The van der Waals surface area contributed by atoms with Crippen molar-refractivity contribution in [2.24, 2.45) is 0 Å². The van der Waals surface area contributed by atoms with E-state index in [1.807, 2.05) is 17.4 Å². The van der Waals surface area contributed by atoms with Gasteiger partial charge in [-0.1, -0.05) is 48.3 Å². The molecule has 0 radical (unpaired) electrons. The van der Waals surface area contributed by atoms with Crippen molar-refractivity contribution in [1.29, 1.82) is 0 Å². The van der Waals surface area contributed by atoms with Crippen molar-refractivity contribution in [3.05, 3.63) is 43.2 Å². The van der Waals surface area contributed by atoms with Gasteiger partial charge in [-0.15, -0.1) is 22.7 Å². The van der Waals surface area contributed by atoms with E-state index in [-0.39, 0.29) is 10.2 Å². The van der Waals surface area contributed by atoms with Crippen LogP contribution in [0.15, 0.2) is 24.3 Å². The molecule has 0 aliphatic rings. The third-order valence-electron chi connectivity index (χ3n) is 2.46. The van der Waals surface area contributed by atoms with Crippen LogP contribution in [0.4, 0.5) is 0 Å². The Balaban J connectivity index is 2.26. The van der Waals surface area contributed by atoms with Crippen LogP contribution >= 0.6 is 50.2 Å². The summed E-state index contributed by atoms with van der Waals surface area (Å²) in [4.78, 5) is 4.28. The Morgan fingerprint density at radius 3 is 2.12 bits per heavy atom. The van der Waals surface area contributed by atoms with Gasteiger partial charge in [0, 0.05) is 14.6 Å². The summed E-state index contributed by atoms with van der Waals surface area (Å²) in [5, 5.41) is 0. The van der Waals surface area contributed by atoms with Crippen molar-refractivity contribution >= 4 is 50.2 Å². The molecule has 0 fully saturated rings. The van der Waals surface area contributed by atoms with E-state index in [1.54, 1.807) is 11.3 Å². The fourth-order valence-electron chi connectivity index (χ4n) is 1.50. The second-order valence-corrected chi connectivity index (χ2v) is 8.73. The summed E-state index contributed by atoms with van der Waals surface area (Å²) < 4.78 is 0.844. The monoisotopic (exact) mass is 348 g/mol. The number of hydrogen-bond acceptors (Lipinski definition) is 2. The summed E-state index contributed by atoms with van der Waals surface area (Å²) in [7, 11) is 0. The van der Waals surface area contributed by atoms with E-state index in [1.165, 1.54) is 14.6 Å². The molecular weight excluding hydrogens is 336 g/mol. The Morgan fingerprint density at radius 2 is 1.65 bits per heavy atom. The van der Waals surface area contributed by atoms with E-state index >= 15 is 0 Å². The maximum Gasteiger partial charge on any atom is 0.0931 e. The van der Waals surface area contributed by atoms with E-state index in [4.69, 9.17) is 11.6 Å². The lowest BCUT2D eigenvalue weighted by atomic mass is 9.95. The molecule has 2 rings (SSSR count). The van der Waals surface area contributed by atoms with Crippen LogP contribution in [0.3, 0.4) is 0 Å². The van der Waals surface area contributed by atoms with Gasteiger partial charge in [-0.2, -0.15) is 0 Å². The molecule has 0 aliphatic heterocycles. The smallest absolute Gasteiger partial charge is 0.0931 e. The molecular formula is C13H14BrClS2. The van der Waals surface area contributed by atoms with Gasteiger partial charge in [-0.25, -0.2) is 0 Å². The first kappa shape index (κ1) is 13.6. The summed E-state index contributed by atoms with van der Waals surface area (Å²) in [5.74, 6) is 0. The number of hydrogen-bond donors (Lipinski definition) is 0. The molecule has 0 amide bonds. The zero-order valence-electron chi connectivity index (χ0n) is 9.96. The van der Waals surface area contributed by atoms with Crippen molar-refractivity contribution in [3.8, 4) is 0 Å². The number of alkyl halides is 1. The predicted octanol–water partition coefficient (Wildman–Crippen LogP) is 6.24. The van der Waals surface area contributed by atoms with Gasteiger partial charge >= 0.3 is 0 Å². The molecule has 1 unspecified atom stereocenters. The lowest BCUT2D eigenvalue weighted by Crippen LogP contribution is -2.07. The minimum absolute atomic E-state index is 0.225. The highest BCUT2D eigenvalue weighted by Crippen LogP contribution is 2.41. The van der Waals surface area contributed by atoms with Gasteiger partial charge in [0.2, 0.25) is 0 Å². The van der Waals surface area contributed by atoms with E-state index in [0.29, 0.717) is 0 Å². The summed E-state index contributed by atoms with van der Waals surface area (Å²) in [6.45, 7) is 6.73. The molecule has 2 heterocycles. The summed E-state index contributed by atoms with van der Waals surface area (Å²) in [6, 6.07) is 8.47. The molecule has 2 aromatic rings. The normalized spacial score (nSPS) is 13.9. The fourth-order valence-corrected chi connectivity index (χ4v) is 4.56. The van der Waals surface area contributed by atoms with Crippen molar-refractivity contribution in [3.63, 3.8) is 0 Å². The summed E-state index contributed by atoms with van der Waals surface area (Å²) >= 11 is 13.2. The van der Waals surface area contributed by atoms with E-state index in [2.05, 4.69) is 54.9 Å². The molecule has 2 aromatic heterocycles. The van der Waals surface area contributed by atoms with Gasteiger partial charge < -0.3 is 0 Å². The quantitative estimate of drug-likeness (QED) is 0.562. The molecule has 0 saturated carbocycles. The van der Waals surface area contributed by atoms with E-state index in [0.717, 1.165) is 4.34 Å². The van der Waals surface area contributed by atoms with Gasteiger partial charge in [0.15, 0.2) is 0 Å². The van der Waals surface area contributed by atoms with Gasteiger partial charge in [-0.3, -0.25) is 0 Å². The van der Waals surface area contributed by atoms with Crippen LogP contribution in [0, 0.1) is 0 Å². The average molecular weight is 350 g/mol. The number of halogens is 2. The zero-order valence-corrected chi connectivity index (χ0v) is 13.9. The van der Waals surface area contributed by atoms with Gasteiger partial charge in [0.05, 0.1) is 9.16 Å². The average Bonchev–Trinajstić information content (AvgIpc) is 2.83. The molecule has 0 N–H and O–H groups in total. The Morgan fingerprint density at radius 1 is 1.06 bits per heavy atom. The molecule has 0 saturated heterocycles. The molecule has 0 aromatic carbocycles. The summed E-state index contributed by atoms with van der Waals surface area (Å²) in [6.07, 6.45) is 0. The Bertz CT molecular complexity index is 507. The first-order valence-electron chi connectivity index (χ1n) is 5.37. The van der Waals surface area contributed by atoms with Crippen molar-refractivity contribution < 1.29 is 0 Å². The highest BCUT2D eigenvalue weighted by atomic mass is 79.9. The highest BCUT2D eigenvalue weighted by Gasteiger charge is 2.20. The Kier molecular flexibility index (Phi) is 4.03. The Labute approximate surface area is 124 Å². The lowest BCUT2D eigenvalue weighted by molar-refractivity contribution is 0.604. The molecule has 0 spiro atoms. The molecule has 17 heavy (non-hydrogen) atoms. The number of thiophene rings is 2. The fraction of sp³-hybridized carbons (Fsp3) is 0.385. The molecule has 0 aliphatic carbocycles. The first-order chi connectivity index (χ1) is 7.88. The lowest BCUT2D eigenvalue weighted by Gasteiger charge is -2.15. The SMILES string of the molecule is CC(C)(C)c1ccc(C(Br)c2ccc(Cl)s2)s1. The van der Waals surface area contributed by atoms with Crippen LogP contribution in [0.1, 0.15) is 40.2 Å². The van der Waals surface area contributed by atoms with E-state index < -0.39 is 0 Å². The first-order valence-corrected chi connectivity index (χ1v) is 8.30. The maximum atomic E-state index is 5.97. The predicted molar refractivity (Wildman–Crippen MR) is 83.1 cm³/mol. The second kappa shape index (κ2) is 5.04. The van der Waals surface area contributed by atoms with Gasteiger partial charge in [-0.05, 0) is 29.7 Å². The third-order valence-corrected chi connectivity index (χ3v) is 6.92. The van der Waals surface area contributed by atoms with Crippen LogP contribution in [-0.4, -0.2) is 0 Å². The number of rotatable bonds is 2.